The number of hydrogen-bond acceptors (Lipinski definition) is 7. The van der Waals surface area contributed by atoms with Crippen molar-refractivity contribution in [3.8, 4) is 11.4 Å². The molecule has 1 atom stereocenters. The second-order valence-electron chi connectivity index (χ2n) is 7.59. The van der Waals surface area contributed by atoms with Gasteiger partial charge in [-0.15, -0.1) is 10.2 Å². The Balaban J connectivity index is 1.58. The first-order valence-electron chi connectivity index (χ1n) is 10.7. The number of halogens is 1. The zero-order valence-electron chi connectivity index (χ0n) is 18.2. The van der Waals surface area contributed by atoms with Crippen molar-refractivity contribution in [1.29, 1.82) is 0 Å². The van der Waals surface area contributed by atoms with Gasteiger partial charge in [0.1, 0.15) is 5.82 Å². The van der Waals surface area contributed by atoms with E-state index in [1.54, 1.807) is 19.5 Å². The molecule has 1 aliphatic rings. The standard InChI is InChI=1S/C23H24FN5O3S/c1-32-15-14-28-20(16-9-11-25-12-10-16)26-27-23(28)33-19-4-2-3-13-29(22(19)31)21(30)17-5-7-18(24)8-6-17/h5-12,19H,2-4,13-15H2,1H3/t19-/m0/s1. The van der Waals surface area contributed by atoms with Crippen molar-refractivity contribution in [3.63, 3.8) is 0 Å². The number of ether oxygens (including phenoxy) is 1. The second-order valence-corrected chi connectivity index (χ2v) is 8.76. The molecule has 10 heteroatoms. The smallest absolute Gasteiger partial charge is 0.260 e. The second kappa shape index (κ2) is 10.7. The van der Waals surface area contributed by atoms with Crippen LogP contribution in [0.3, 0.4) is 0 Å². The predicted octanol–water partition coefficient (Wildman–Crippen LogP) is 3.44. The van der Waals surface area contributed by atoms with Gasteiger partial charge in [-0.25, -0.2) is 4.39 Å². The summed E-state index contributed by atoms with van der Waals surface area (Å²) in [6.45, 7) is 1.31. The van der Waals surface area contributed by atoms with Gasteiger partial charge in [0.25, 0.3) is 5.91 Å². The van der Waals surface area contributed by atoms with Gasteiger partial charge in [-0.05, 0) is 49.2 Å². The molecule has 0 bridgehead atoms. The fourth-order valence-corrected chi connectivity index (χ4v) is 4.83. The quantitative estimate of drug-likeness (QED) is 0.490. The van der Waals surface area contributed by atoms with Crippen LogP contribution in [0.1, 0.15) is 29.6 Å². The van der Waals surface area contributed by atoms with E-state index >= 15 is 0 Å². The molecule has 0 unspecified atom stereocenters. The van der Waals surface area contributed by atoms with Crippen molar-refractivity contribution in [3.05, 3.63) is 60.2 Å². The van der Waals surface area contributed by atoms with Crippen LogP contribution in [-0.4, -0.2) is 62.0 Å². The average molecular weight is 470 g/mol. The molecular formula is C23H24FN5O3S. The summed E-state index contributed by atoms with van der Waals surface area (Å²) in [6, 6.07) is 8.95. The molecule has 1 aliphatic heterocycles. The molecule has 3 aromatic rings. The predicted molar refractivity (Wildman–Crippen MR) is 121 cm³/mol. The van der Waals surface area contributed by atoms with Gasteiger partial charge in [-0.3, -0.25) is 24.0 Å². The Hall–Kier alpha value is -3.11. The summed E-state index contributed by atoms with van der Waals surface area (Å²) in [6.07, 6.45) is 5.52. The van der Waals surface area contributed by atoms with Gasteiger partial charge in [0.2, 0.25) is 5.91 Å². The highest BCUT2D eigenvalue weighted by molar-refractivity contribution is 8.00. The van der Waals surface area contributed by atoms with Crippen molar-refractivity contribution in [2.75, 3.05) is 20.3 Å². The third-order valence-corrected chi connectivity index (χ3v) is 6.63. The van der Waals surface area contributed by atoms with E-state index in [-0.39, 0.29) is 5.91 Å². The molecule has 1 aromatic carbocycles. The Morgan fingerprint density at radius 1 is 1.15 bits per heavy atom. The van der Waals surface area contributed by atoms with Crippen molar-refractivity contribution < 1.29 is 18.7 Å². The number of nitrogens with zero attached hydrogens (tertiary/aromatic N) is 5. The first kappa shape index (κ1) is 23.1. The lowest BCUT2D eigenvalue weighted by molar-refractivity contribution is -0.127. The van der Waals surface area contributed by atoms with Crippen molar-refractivity contribution in [2.45, 2.75) is 36.2 Å². The van der Waals surface area contributed by atoms with E-state index in [0.717, 1.165) is 12.0 Å². The molecule has 0 radical (unpaired) electrons. The highest BCUT2D eigenvalue weighted by Gasteiger charge is 2.33. The Labute approximate surface area is 195 Å². The molecule has 0 spiro atoms. The van der Waals surface area contributed by atoms with E-state index in [1.165, 1.54) is 40.9 Å². The van der Waals surface area contributed by atoms with E-state index in [1.807, 2.05) is 16.7 Å². The summed E-state index contributed by atoms with van der Waals surface area (Å²) in [5.74, 6) is -0.441. The van der Waals surface area contributed by atoms with Crippen molar-refractivity contribution >= 4 is 23.6 Å². The van der Waals surface area contributed by atoms with E-state index < -0.39 is 17.0 Å². The molecule has 1 fully saturated rings. The maximum atomic E-state index is 13.4. The molecule has 2 amide bonds. The first-order valence-corrected chi connectivity index (χ1v) is 11.6. The Morgan fingerprint density at radius 2 is 1.91 bits per heavy atom. The number of carbonyl (C=O) groups is 2. The van der Waals surface area contributed by atoms with Crippen LogP contribution in [0.25, 0.3) is 11.4 Å². The molecule has 0 N–H and O–H groups in total. The Morgan fingerprint density at radius 3 is 2.64 bits per heavy atom. The zero-order valence-corrected chi connectivity index (χ0v) is 19.0. The minimum atomic E-state index is -0.479. The molecule has 3 heterocycles. The Kier molecular flexibility index (Phi) is 7.46. The maximum absolute atomic E-state index is 13.4. The van der Waals surface area contributed by atoms with Crippen molar-refractivity contribution in [1.82, 2.24) is 24.6 Å². The van der Waals surface area contributed by atoms with Gasteiger partial charge >= 0.3 is 0 Å². The summed E-state index contributed by atoms with van der Waals surface area (Å²) >= 11 is 1.31. The monoisotopic (exact) mass is 469 g/mol. The molecule has 4 rings (SSSR count). The molecule has 2 aromatic heterocycles. The zero-order chi connectivity index (χ0) is 23.2. The topological polar surface area (TPSA) is 90.2 Å². The summed E-state index contributed by atoms with van der Waals surface area (Å²) in [4.78, 5) is 31.7. The van der Waals surface area contributed by atoms with Crippen LogP contribution in [0.4, 0.5) is 4.39 Å². The van der Waals surface area contributed by atoms with Gasteiger partial charge in [-0.2, -0.15) is 0 Å². The highest BCUT2D eigenvalue weighted by Crippen LogP contribution is 2.32. The van der Waals surface area contributed by atoms with Crippen LogP contribution >= 0.6 is 11.8 Å². The van der Waals surface area contributed by atoms with Crippen LogP contribution in [0, 0.1) is 5.82 Å². The number of carbonyl (C=O) groups excluding carboxylic acids is 2. The fraction of sp³-hybridized carbons (Fsp3) is 0.348. The molecular weight excluding hydrogens is 445 g/mol. The van der Waals surface area contributed by atoms with Crippen molar-refractivity contribution in [2.24, 2.45) is 0 Å². The normalized spacial score (nSPS) is 16.6. The van der Waals surface area contributed by atoms with Gasteiger partial charge in [0.05, 0.1) is 18.4 Å². The van der Waals surface area contributed by atoms with Gasteiger partial charge in [0, 0.05) is 37.2 Å². The van der Waals surface area contributed by atoms with E-state index in [2.05, 4.69) is 15.2 Å². The molecule has 0 aliphatic carbocycles. The maximum Gasteiger partial charge on any atom is 0.260 e. The molecule has 0 saturated carbocycles. The number of imide groups is 1. The van der Waals surface area contributed by atoms with Crippen LogP contribution < -0.4 is 0 Å². The van der Waals surface area contributed by atoms with E-state index in [0.29, 0.717) is 49.1 Å². The van der Waals surface area contributed by atoms with Gasteiger partial charge < -0.3 is 4.74 Å². The summed E-state index contributed by atoms with van der Waals surface area (Å²) in [5.41, 5.74) is 1.15. The molecule has 8 nitrogen and oxygen atoms in total. The van der Waals surface area contributed by atoms with E-state index in [4.69, 9.17) is 4.74 Å². The number of amides is 2. The fourth-order valence-electron chi connectivity index (χ4n) is 3.67. The lowest BCUT2D eigenvalue weighted by Crippen LogP contribution is -2.41. The number of thioether (sulfide) groups is 1. The molecule has 172 valence electrons. The minimum Gasteiger partial charge on any atom is -0.383 e. The summed E-state index contributed by atoms with van der Waals surface area (Å²) in [5, 5.41) is 8.80. The van der Waals surface area contributed by atoms with Gasteiger partial charge in [-0.1, -0.05) is 18.2 Å². The minimum absolute atomic E-state index is 0.265. The number of rotatable bonds is 7. The Bertz CT molecular complexity index is 1110. The largest absolute Gasteiger partial charge is 0.383 e. The number of pyridine rings is 1. The number of benzene rings is 1. The summed E-state index contributed by atoms with van der Waals surface area (Å²) in [7, 11) is 1.62. The number of likely N-dealkylation sites (tertiary alicyclic amines) is 1. The molecule has 1 saturated heterocycles. The van der Waals surface area contributed by atoms with Crippen LogP contribution in [0.5, 0.6) is 0 Å². The number of aromatic nitrogens is 4. The van der Waals surface area contributed by atoms with Gasteiger partial charge in [0.15, 0.2) is 11.0 Å². The number of methoxy groups -OCH3 is 1. The van der Waals surface area contributed by atoms with Crippen LogP contribution in [0.2, 0.25) is 0 Å². The highest BCUT2D eigenvalue weighted by atomic mass is 32.2. The SMILES string of the molecule is COCCn1c(S[C@H]2CCCCN(C(=O)c3ccc(F)cc3)C2=O)nnc1-c1ccncc1. The van der Waals surface area contributed by atoms with Crippen LogP contribution in [-0.2, 0) is 16.1 Å². The van der Waals surface area contributed by atoms with Crippen LogP contribution in [0.15, 0.2) is 53.9 Å². The summed E-state index contributed by atoms with van der Waals surface area (Å²) < 4.78 is 20.4. The lowest BCUT2D eigenvalue weighted by Gasteiger charge is -2.22. The van der Waals surface area contributed by atoms with E-state index in [9.17, 15) is 14.0 Å². The number of hydrogen-bond donors (Lipinski definition) is 0. The third kappa shape index (κ3) is 5.28. The molecule has 33 heavy (non-hydrogen) atoms. The average Bonchev–Trinajstić information content (AvgIpc) is 3.14. The first-order chi connectivity index (χ1) is 16.1. The lowest BCUT2D eigenvalue weighted by atomic mass is 10.2. The third-order valence-electron chi connectivity index (χ3n) is 5.40.